The maximum Gasteiger partial charge on any atom is 0.187 e. The number of hydrogen-bond acceptors (Lipinski definition) is 3. The summed E-state index contributed by atoms with van der Waals surface area (Å²) in [5.41, 5.74) is 1.21. The van der Waals surface area contributed by atoms with Gasteiger partial charge >= 0.3 is 0 Å². The molecule has 5 heteroatoms. The monoisotopic (exact) mass is 264 g/mol. The summed E-state index contributed by atoms with van der Waals surface area (Å²) in [4.78, 5) is 12.0. The number of ether oxygens (including phenoxy) is 1. The summed E-state index contributed by atoms with van der Waals surface area (Å²) in [5, 5.41) is 4.66. The number of ketones is 1. The molecular formula is C13H13ClN2O2. The van der Waals surface area contributed by atoms with Crippen molar-refractivity contribution in [3.63, 3.8) is 0 Å². The van der Waals surface area contributed by atoms with E-state index in [4.69, 9.17) is 16.3 Å². The highest BCUT2D eigenvalue weighted by molar-refractivity contribution is 6.30. The van der Waals surface area contributed by atoms with Crippen molar-refractivity contribution in [3.05, 3.63) is 46.7 Å². The van der Waals surface area contributed by atoms with Crippen molar-refractivity contribution in [2.45, 2.75) is 6.42 Å². The average Bonchev–Trinajstić information content (AvgIpc) is 2.76. The van der Waals surface area contributed by atoms with Crippen LogP contribution in [0.5, 0.6) is 5.75 Å². The second-order valence-corrected chi connectivity index (χ2v) is 4.37. The molecule has 0 aliphatic heterocycles. The Morgan fingerprint density at radius 1 is 1.44 bits per heavy atom. The number of aryl methyl sites for hydroxylation is 1. The normalized spacial score (nSPS) is 10.4. The SMILES string of the molecule is COc1ccc(Cl)cc1CC(=O)c1ccn(C)n1. The number of benzene rings is 1. The van der Waals surface area contributed by atoms with Crippen molar-refractivity contribution in [3.8, 4) is 5.75 Å². The number of carbonyl (C=O) groups excluding carboxylic acids is 1. The third-order valence-electron chi connectivity index (χ3n) is 2.59. The molecule has 0 fully saturated rings. The average molecular weight is 265 g/mol. The van der Waals surface area contributed by atoms with Gasteiger partial charge in [-0.3, -0.25) is 9.48 Å². The molecule has 0 bridgehead atoms. The van der Waals surface area contributed by atoms with Crippen LogP contribution in [0.25, 0.3) is 0 Å². The summed E-state index contributed by atoms with van der Waals surface area (Å²) < 4.78 is 6.81. The Hall–Kier alpha value is -1.81. The van der Waals surface area contributed by atoms with E-state index in [0.29, 0.717) is 16.5 Å². The zero-order valence-corrected chi connectivity index (χ0v) is 10.9. The maximum absolute atomic E-state index is 12.0. The minimum Gasteiger partial charge on any atom is -0.496 e. The molecule has 4 nitrogen and oxygen atoms in total. The molecular weight excluding hydrogens is 252 g/mol. The number of nitrogens with zero attached hydrogens (tertiary/aromatic N) is 2. The minimum absolute atomic E-state index is 0.0591. The van der Waals surface area contributed by atoms with Gasteiger partial charge in [0.15, 0.2) is 5.78 Å². The number of carbonyl (C=O) groups is 1. The highest BCUT2D eigenvalue weighted by Crippen LogP contribution is 2.23. The van der Waals surface area contributed by atoms with Gasteiger partial charge in [-0.25, -0.2) is 0 Å². The lowest BCUT2D eigenvalue weighted by Crippen LogP contribution is -2.06. The molecule has 0 radical (unpaired) electrons. The van der Waals surface area contributed by atoms with E-state index in [1.54, 1.807) is 49.3 Å². The van der Waals surface area contributed by atoms with Gasteiger partial charge in [0.1, 0.15) is 11.4 Å². The summed E-state index contributed by atoms with van der Waals surface area (Å²) in [5.74, 6) is 0.597. The van der Waals surface area contributed by atoms with Crippen LogP contribution in [0, 0.1) is 0 Å². The van der Waals surface area contributed by atoms with E-state index in [1.165, 1.54) is 0 Å². The molecule has 1 heterocycles. The van der Waals surface area contributed by atoms with Gasteiger partial charge < -0.3 is 4.74 Å². The van der Waals surface area contributed by atoms with E-state index in [0.717, 1.165) is 5.56 Å². The highest BCUT2D eigenvalue weighted by atomic mass is 35.5. The van der Waals surface area contributed by atoms with Gasteiger partial charge in [0.05, 0.1) is 7.11 Å². The van der Waals surface area contributed by atoms with E-state index in [2.05, 4.69) is 5.10 Å². The molecule has 18 heavy (non-hydrogen) atoms. The smallest absolute Gasteiger partial charge is 0.187 e. The number of Topliss-reactive ketones (excluding diaryl/α,β-unsaturated/α-hetero) is 1. The van der Waals surface area contributed by atoms with E-state index in [1.807, 2.05) is 0 Å². The van der Waals surface area contributed by atoms with E-state index < -0.39 is 0 Å². The highest BCUT2D eigenvalue weighted by Gasteiger charge is 2.13. The van der Waals surface area contributed by atoms with Crippen LogP contribution in [0.4, 0.5) is 0 Å². The standard InChI is InChI=1S/C13H13ClN2O2/c1-16-6-5-11(15-16)12(17)8-9-7-10(14)3-4-13(9)18-2/h3-7H,8H2,1-2H3. The minimum atomic E-state index is -0.0591. The van der Waals surface area contributed by atoms with Crippen molar-refractivity contribution in [1.29, 1.82) is 0 Å². The van der Waals surface area contributed by atoms with Crippen molar-refractivity contribution in [2.24, 2.45) is 7.05 Å². The van der Waals surface area contributed by atoms with Crippen LogP contribution >= 0.6 is 11.6 Å². The molecule has 0 N–H and O–H groups in total. The van der Waals surface area contributed by atoms with E-state index in [-0.39, 0.29) is 12.2 Å². The summed E-state index contributed by atoms with van der Waals surface area (Å²) in [6, 6.07) is 6.92. The number of halogens is 1. The second-order valence-electron chi connectivity index (χ2n) is 3.93. The van der Waals surface area contributed by atoms with Crippen molar-refractivity contribution in [1.82, 2.24) is 9.78 Å². The number of aromatic nitrogens is 2. The second kappa shape index (κ2) is 5.23. The van der Waals surface area contributed by atoms with E-state index in [9.17, 15) is 4.79 Å². The van der Waals surface area contributed by atoms with Gasteiger partial charge in [-0.05, 0) is 24.3 Å². The number of rotatable bonds is 4. The number of hydrogen-bond donors (Lipinski definition) is 0. The molecule has 0 amide bonds. The van der Waals surface area contributed by atoms with Crippen LogP contribution in [0.1, 0.15) is 16.1 Å². The third-order valence-corrected chi connectivity index (χ3v) is 2.83. The first kappa shape index (κ1) is 12.6. The Labute approximate surface area is 110 Å². The van der Waals surface area contributed by atoms with Crippen LogP contribution in [-0.2, 0) is 13.5 Å². The Balaban J connectivity index is 2.23. The molecule has 2 aromatic rings. The maximum atomic E-state index is 12.0. The molecule has 1 aromatic heterocycles. The Bertz CT molecular complexity index is 578. The van der Waals surface area contributed by atoms with Crippen LogP contribution in [0.2, 0.25) is 5.02 Å². The lowest BCUT2D eigenvalue weighted by Gasteiger charge is -2.07. The molecule has 0 aliphatic carbocycles. The fraction of sp³-hybridized carbons (Fsp3) is 0.231. The molecule has 0 saturated heterocycles. The summed E-state index contributed by atoms with van der Waals surface area (Å²) in [6.07, 6.45) is 1.96. The lowest BCUT2D eigenvalue weighted by molar-refractivity contribution is 0.0986. The predicted octanol–water partition coefficient (Wildman–Crippen LogP) is 2.51. The van der Waals surface area contributed by atoms with Crippen molar-refractivity contribution >= 4 is 17.4 Å². The summed E-state index contributed by atoms with van der Waals surface area (Å²) in [6.45, 7) is 0. The molecule has 0 atom stereocenters. The van der Waals surface area contributed by atoms with Gasteiger partial charge in [0.2, 0.25) is 0 Å². The van der Waals surface area contributed by atoms with E-state index >= 15 is 0 Å². The molecule has 0 aliphatic rings. The molecule has 0 spiro atoms. The first-order chi connectivity index (χ1) is 8.60. The van der Waals surface area contributed by atoms with Crippen molar-refractivity contribution in [2.75, 3.05) is 7.11 Å². The van der Waals surface area contributed by atoms with Crippen LogP contribution in [0.3, 0.4) is 0 Å². The first-order valence-electron chi connectivity index (χ1n) is 5.45. The fourth-order valence-corrected chi connectivity index (χ4v) is 1.91. The number of methoxy groups -OCH3 is 1. The van der Waals surface area contributed by atoms with Crippen molar-refractivity contribution < 1.29 is 9.53 Å². The largest absolute Gasteiger partial charge is 0.496 e. The van der Waals surface area contributed by atoms with Gasteiger partial charge in [0, 0.05) is 30.3 Å². The third kappa shape index (κ3) is 2.71. The van der Waals surface area contributed by atoms with Gasteiger partial charge in [-0.2, -0.15) is 5.10 Å². The Morgan fingerprint density at radius 2 is 2.22 bits per heavy atom. The van der Waals surface area contributed by atoms with Gasteiger partial charge in [-0.1, -0.05) is 11.6 Å². The molecule has 2 rings (SSSR count). The lowest BCUT2D eigenvalue weighted by atomic mass is 10.1. The van der Waals surface area contributed by atoms with Gasteiger partial charge in [-0.15, -0.1) is 0 Å². The molecule has 0 saturated carbocycles. The Morgan fingerprint density at radius 3 is 2.83 bits per heavy atom. The zero-order chi connectivity index (χ0) is 13.1. The zero-order valence-electron chi connectivity index (χ0n) is 10.2. The summed E-state index contributed by atoms with van der Waals surface area (Å²) in [7, 11) is 3.34. The molecule has 0 unspecified atom stereocenters. The first-order valence-corrected chi connectivity index (χ1v) is 5.83. The Kier molecular flexibility index (Phi) is 3.67. The summed E-state index contributed by atoms with van der Waals surface area (Å²) >= 11 is 5.92. The topological polar surface area (TPSA) is 44.1 Å². The van der Waals surface area contributed by atoms with Gasteiger partial charge in [0.25, 0.3) is 0 Å². The molecule has 1 aromatic carbocycles. The quantitative estimate of drug-likeness (QED) is 0.797. The fourth-order valence-electron chi connectivity index (χ4n) is 1.71. The predicted molar refractivity (Wildman–Crippen MR) is 69.2 cm³/mol. The molecule has 94 valence electrons. The van der Waals surface area contributed by atoms with Crippen LogP contribution in [0.15, 0.2) is 30.5 Å². The van der Waals surface area contributed by atoms with Crippen LogP contribution < -0.4 is 4.74 Å². The van der Waals surface area contributed by atoms with Crippen LogP contribution in [-0.4, -0.2) is 22.7 Å².